The van der Waals surface area contributed by atoms with Crippen molar-refractivity contribution in [1.29, 1.82) is 0 Å². The van der Waals surface area contributed by atoms with Gasteiger partial charge < -0.3 is 5.11 Å². The summed E-state index contributed by atoms with van der Waals surface area (Å²) < 4.78 is 0. The lowest BCUT2D eigenvalue weighted by Gasteiger charge is -2.16. The third-order valence-electron chi connectivity index (χ3n) is 2.54. The smallest absolute Gasteiger partial charge is 0.304 e. The molecule has 0 aliphatic heterocycles. The first-order valence-corrected chi connectivity index (χ1v) is 4.92. The van der Waals surface area contributed by atoms with Gasteiger partial charge in [0.05, 0.1) is 12.3 Å². The normalized spacial score (nSPS) is 14.1. The number of hydrogen-bond donors (Lipinski definition) is 1. The summed E-state index contributed by atoms with van der Waals surface area (Å²) in [5.41, 5.74) is 0.689. The number of carboxylic acid groups (broad SMARTS) is 1. The average Bonchev–Trinajstić information content (AvgIpc) is 2.26. The Labute approximate surface area is 92.9 Å². The molecule has 0 bridgehead atoms. The molecule has 1 rings (SSSR count). The first kappa shape index (κ1) is 12.2. The quantitative estimate of drug-likeness (QED) is 0.610. The highest BCUT2D eigenvalue weighted by molar-refractivity contribution is 5.68. The van der Waals surface area contributed by atoms with E-state index in [0.29, 0.717) is 5.56 Å². The maximum absolute atomic E-state index is 10.7. The fourth-order valence-electron chi connectivity index (χ4n) is 1.60. The maximum atomic E-state index is 10.7. The van der Waals surface area contributed by atoms with Gasteiger partial charge in [0.25, 0.3) is 0 Å². The molecule has 0 fully saturated rings. The summed E-state index contributed by atoms with van der Waals surface area (Å²) in [6.07, 6.45) is -0.230. The largest absolute Gasteiger partial charge is 0.481 e. The molecule has 0 heterocycles. The van der Waals surface area contributed by atoms with Crippen molar-refractivity contribution in [2.45, 2.75) is 25.3 Å². The molecule has 16 heavy (non-hydrogen) atoms. The topological polar surface area (TPSA) is 80.4 Å². The van der Waals surface area contributed by atoms with Gasteiger partial charge in [-0.25, -0.2) is 0 Å². The van der Waals surface area contributed by atoms with Crippen molar-refractivity contribution in [2.75, 3.05) is 0 Å². The summed E-state index contributed by atoms with van der Waals surface area (Å²) >= 11 is 0. The van der Waals surface area contributed by atoms with E-state index in [1.165, 1.54) is 6.92 Å². The molecule has 0 aliphatic rings. The van der Waals surface area contributed by atoms with Crippen LogP contribution in [0.5, 0.6) is 0 Å². The van der Waals surface area contributed by atoms with Crippen molar-refractivity contribution in [3.63, 3.8) is 0 Å². The van der Waals surface area contributed by atoms with E-state index in [9.17, 15) is 14.9 Å². The van der Waals surface area contributed by atoms with E-state index < -0.39 is 22.9 Å². The summed E-state index contributed by atoms with van der Waals surface area (Å²) in [4.78, 5) is 21.0. The van der Waals surface area contributed by atoms with E-state index in [1.54, 1.807) is 30.3 Å². The number of carboxylic acids is 1. The molecule has 0 radical (unpaired) electrons. The number of rotatable bonds is 5. The van der Waals surface area contributed by atoms with Gasteiger partial charge in [0.15, 0.2) is 0 Å². The van der Waals surface area contributed by atoms with Crippen LogP contribution in [0.1, 0.15) is 24.8 Å². The molecule has 0 spiro atoms. The molecule has 0 aromatic heterocycles. The zero-order valence-corrected chi connectivity index (χ0v) is 8.87. The van der Waals surface area contributed by atoms with E-state index in [2.05, 4.69) is 0 Å². The van der Waals surface area contributed by atoms with E-state index in [-0.39, 0.29) is 6.42 Å². The molecule has 5 heteroatoms. The van der Waals surface area contributed by atoms with Crippen molar-refractivity contribution < 1.29 is 14.8 Å². The SMILES string of the molecule is CC([C@H](CC(=O)O)c1ccccc1)[N+](=O)[O-]. The lowest BCUT2D eigenvalue weighted by Crippen LogP contribution is -2.26. The first-order chi connectivity index (χ1) is 7.52. The molecule has 5 nitrogen and oxygen atoms in total. The van der Waals surface area contributed by atoms with Gasteiger partial charge in [-0.2, -0.15) is 0 Å². The van der Waals surface area contributed by atoms with Gasteiger partial charge in [-0.15, -0.1) is 0 Å². The van der Waals surface area contributed by atoms with Crippen molar-refractivity contribution >= 4 is 5.97 Å². The van der Waals surface area contributed by atoms with Gasteiger partial charge in [-0.1, -0.05) is 30.3 Å². The Kier molecular flexibility index (Phi) is 3.99. The summed E-state index contributed by atoms with van der Waals surface area (Å²) in [6, 6.07) is 7.81. The summed E-state index contributed by atoms with van der Waals surface area (Å²) in [7, 11) is 0. The zero-order valence-electron chi connectivity index (χ0n) is 8.87. The second-order valence-electron chi connectivity index (χ2n) is 3.64. The molecule has 1 unspecified atom stereocenters. The predicted molar refractivity (Wildman–Crippen MR) is 57.9 cm³/mol. The lowest BCUT2D eigenvalue weighted by molar-refractivity contribution is -0.522. The van der Waals surface area contributed by atoms with Crippen molar-refractivity contribution in [2.24, 2.45) is 0 Å². The van der Waals surface area contributed by atoms with Crippen molar-refractivity contribution in [3.8, 4) is 0 Å². The minimum Gasteiger partial charge on any atom is -0.481 e. The van der Waals surface area contributed by atoms with Crippen LogP contribution in [0.25, 0.3) is 0 Å². The standard InChI is InChI=1S/C11H13NO4/c1-8(12(15)16)10(7-11(13)14)9-5-3-2-4-6-9/h2-6,8,10H,7H2,1H3,(H,13,14)/t8?,10-/m0/s1. The summed E-state index contributed by atoms with van der Waals surface area (Å²) in [5.74, 6) is -1.61. The minimum atomic E-state index is -1.03. The molecule has 1 aromatic rings. The summed E-state index contributed by atoms with van der Waals surface area (Å²) in [5, 5.41) is 19.5. The highest BCUT2D eigenvalue weighted by atomic mass is 16.6. The van der Waals surface area contributed by atoms with Crippen LogP contribution in [0.2, 0.25) is 0 Å². The highest BCUT2D eigenvalue weighted by Crippen LogP contribution is 2.24. The monoisotopic (exact) mass is 223 g/mol. The van der Waals surface area contributed by atoms with E-state index in [1.807, 2.05) is 0 Å². The second kappa shape index (κ2) is 5.25. The Morgan fingerprint density at radius 3 is 2.44 bits per heavy atom. The lowest BCUT2D eigenvalue weighted by atomic mass is 9.90. The molecular weight excluding hydrogens is 210 g/mol. The van der Waals surface area contributed by atoms with Gasteiger partial charge in [0.2, 0.25) is 6.04 Å². The number of benzene rings is 1. The second-order valence-corrected chi connectivity index (χ2v) is 3.64. The van der Waals surface area contributed by atoms with Gasteiger partial charge >= 0.3 is 5.97 Å². The fraction of sp³-hybridized carbons (Fsp3) is 0.364. The molecule has 0 aliphatic carbocycles. The number of nitrogens with zero attached hydrogens (tertiary/aromatic N) is 1. The van der Waals surface area contributed by atoms with Gasteiger partial charge in [0, 0.05) is 11.8 Å². The third kappa shape index (κ3) is 3.05. The highest BCUT2D eigenvalue weighted by Gasteiger charge is 2.29. The van der Waals surface area contributed by atoms with Crippen LogP contribution in [0.3, 0.4) is 0 Å². The number of nitro groups is 1. The Hall–Kier alpha value is -1.91. The molecule has 86 valence electrons. The first-order valence-electron chi connectivity index (χ1n) is 4.92. The molecule has 0 saturated heterocycles. The van der Waals surface area contributed by atoms with Crippen LogP contribution in [0.4, 0.5) is 0 Å². The van der Waals surface area contributed by atoms with Crippen LogP contribution < -0.4 is 0 Å². The minimum absolute atomic E-state index is 0.230. The molecule has 1 N–H and O–H groups in total. The molecule has 2 atom stereocenters. The predicted octanol–water partition coefficient (Wildman–Crippen LogP) is 1.91. The van der Waals surface area contributed by atoms with Crippen LogP contribution in [-0.4, -0.2) is 22.0 Å². The number of aliphatic carboxylic acids is 1. The Bertz CT molecular complexity index is 377. The van der Waals surface area contributed by atoms with E-state index in [4.69, 9.17) is 5.11 Å². The van der Waals surface area contributed by atoms with Crippen LogP contribution in [-0.2, 0) is 4.79 Å². The maximum Gasteiger partial charge on any atom is 0.304 e. The molecule has 0 saturated carbocycles. The van der Waals surface area contributed by atoms with Crippen LogP contribution >= 0.6 is 0 Å². The molecular formula is C11H13NO4. The van der Waals surface area contributed by atoms with Gasteiger partial charge in [-0.05, 0) is 5.56 Å². The number of carbonyl (C=O) groups is 1. The van der Waals surface area contributed by atoms with E-state index in [0.717, 1.165) is 0 Å². The van der Waals surface area contributed by atoms with E-state index >= 15 is 0 Å². The zero-order chi connectivity index (χ0) is 12.1. The van der Waals surface area contributed by atoms with Crippen molar-refractivity contribution in [3.05, 3.63) is 46.0 Å². The van der Waals surface area contributed by atoms with Crippen molar-refractivity contribution in [1.82, 2.24) is 0 Å². The Morgan fingerprint density at radius 2 is 2.00 bits per heavy atom. The summed E-state index contributed by atoms with van der Waals surface area (Å²) in [6.45, 7) is 1.43. The molecule has 0 amide bonds. The van der Waals surface area contributed by atoms with Crippen LogP contribution in [0.15, 0.2) is 30.3 Å². The third-order valence-corrected chi connectivity index (χ3v) is 2.54. The van der Waals surface area contributed by atoms with Gasteiger partial charge in [0.1, 0.15) is 0 Å². The molecule has 1 aromatic carbocycles. The Balaban J connectivity index is 2.96. The number of hydrogen-bond acceptors (Lipinski definition) is 3. The fourth-order valence-corrected chi connectivity index (χ4v) is 1.60. The Morgan fingerprint density at radius 1 is 1.44 bits per heavy atom. The van der Waals surface area contributed by atoms with Crippen LogP contribution in [0, 0.1) is 10.1 Å². The van der Waals surface area contributed by atoms with Gasteiger partial charge in [-0.3, -0.25) is 14.9 Å². The average molecular weight is 223 g/mol.